The predicted octanol–water partition coefficient (Wildman–Crippen LogP) is 4.11. The number of ether oxygens (including phenoxy) is 4. The molecule has 0 saturated carbocycles. The molecule has 0 aliphatic carbocycles. The van der Waals surface area contributed by atoms with Crippen LogP contribution < -0.4 is 24.3 Å². The van der Waals surface area contributed by atoms with Gasteiger partial charge in [-0.05, 0) is 55.7 Å². The van der Waals surface area contributed by atoms with Gasteiger partial charge in [-0.1, -0.05) is 0 Å². The van der Waals surface area contributed by atoms with Crippen LogP contribution in [0.25, 0.3) is 0 Å². The number of urea groups is 1. The number of benzene rings is 2. The van der Waals surface area contributed by atoms with Crippen molar-refractivity contribution >= 4 is 17.7 Å². The molecule has 178 valence electrons. The number of fused-ring (bicyclic) bond motifs is 1. The maximum absolute atomic E-state index is 13.3. The van der Waals surface area contributed by atoms with Gasteiger partial charge in [0.25, 0.3) is 0 Å². The van der Waals surface area contributed by atoms with Gasteiger partial charge in [-0.3, -0.25) is 4.79 Å². The topological polar surface area (TPSA) is 107 Å². The van der Waals surface area contributed by atoms with E-state index in [1.54, 1.807) is 24.3 Å². The monoisotopic (exact) mass is 458 g/mol. The molecule has 0 bridgehead atoms. The Hall–Kier alpha value is -3.62. The molecule has 2 amide bonds. The van der Waals surface area contributed by atoms with E-state index in [2.05, 4.69) is 5.32 Å². The normalized spacial score (nSPS) is 14.8. The van der Waals surface area contributed by atoms with Crippen molar-refractivity contribution in [2.24, 2.45) is 0 Å². The Balaban J connectivity index is 1.96. The highest BCUT2D eigenvalue weighted by atomic mass is 16.5. The number of carbonyl (C=O) groups is 2. The van der Waals surface area contributed by atoms with E-state index in [4.69, 9.17) is 18.9 Å². The van der Waals surface area contributed by atoms with E-state index in [9.17, 15) is 14.7 Å². The Kier molecular flexibility index (Phi) is 7.87. The lowest BCUT2D eigenvalue weighted by molar-refractivity contribution is -0.138. The molecule has 0 saturated heterocycles. The molecule has 1 aliphatic rings. The van der Waals surface area contributed by atoms with Crippen LogP contribution in [0.15, 0.2) is 30.3 Å². The van der Waals surface area contributed by atoms with Gasteiger partial charge in [-0.25, -0.2) is 4.79 Å². The minimum absolute atomic E-state index is 0.241. The summed E-state index contributed by atoms with van der Waals surface area (Å²) in [6.45, 7) is 5.02. The molecule has 33 heavy (non-hydrogen) atoms. The minimum Gasteiger partial charge on any atom is -0.497 e. The van der Waals surface area contributed by atoms with Gasteiger partial charge < -0.3 is 34.3 Å². The lowest BCUT2D eigenvalue weighted by Crippen LogP contribution is -2.43. The minimum atomic E-state index is -1.00. The summed E-state index contributed by atoms with van der Waals surface area (Å²) in [7, 11) is 3.04. The van der Waals surface area contributed by atoms with Gasteiger partial charge in [-0.15, -0.1) is 0 Å². The molecule has 0 fully saturated rings. The van der Waals surface area contributed by atoms with Crippen molar-refractivity contribution < 1.29 is 33.6 Å². The number of aliphatic carboxylic acids is 1. The van der Waals surface area contributed by atoms with E-state index in [0.29, 0.717) is 54.9 Å². The SMILES string of the molecule is CCOc1cc2c(cc1OCC)[C@@H](CC(=O)O)N(C(=O)Nc1cc(OC)ccc1OC)CC2. The molecule has 1 atom stereocenters. The zero-order chi connectivity index (χ0) is 24.0. The van der Waals surface area contributed by atoms with Crippen molar-refractivity contribution in [2.75, 3.05) is 39.3 Å². The van der Waals surface area contributed by atoms with Crippen molar-refractivity contribution in [3.8, 4) is 23.0 Å². The molecular formula is C24H30N2O7. The number of carboxylic acids is 1. The van der Waals surface area contributed by atoms with Crippen molar-refractivity contribution in [2.45, 2.75) is 32.7 Å². The molecule has 2 aromatic rings. The van der Waals surface area contributed by atoms with E-state index < -0.39 is 18.0 Å². The standard InChI is InChI=1S/C24H30N2O7/c1-5-32-21-11-15-9-10-26(19(14-23(27)28)17(15)13-22(21)33-6-2)24(29)25-18-12-16(30-3)7-8-20(18)31-4/h7-8,11-13,19H,5-6,9-10,14H2,1-4H3,(H,25,29)(H,27,28)/t19-/m1/s1. The fourth-order valence-corrected chi connectivity index (χ4v) is 3.97. The largest absolute Gasteiger partial charge is 0.497 e. The summed E-state index contributed by atoms with van der Waals surface area (Å²) in [6, 6.07) is 7.66. The zero-order valence-corrected chi connectivity index (χ0v) is 19.3. The van der Waals surface area contributed by atoms with Gasteiger partial charge in [0.05, 0.1) is 45.6 Å². The summed E-state index contributed by atoms with van der Waals surface area (Å²) >= 11 is 0. The second-order valence-corrected chi connectivity index (χ2v) is 7.42. The maximum atomic E-state index is 13.3. The number of nitrogens with one attached hydrogen (secondary N) is 1. The van der Waals surface area contributed by atoms with Crippen LogP contribution in [0.1, 0.15) is 37.4 Å². The highest BCUT2D eigenvalue weighted by Gasteiger charge is 2.34. The second kappa shape index (κ2) is 10.8. The highest BCUT2D eigenvalue weighted by Crippen LogP contribution is 2.40. The third kappa shape index (κ3) is 5.42. The number of methoxy groups -OCH3 is 2. The fourth-order valence-electron chi connectivity index (χ4n) is 3.97. The van der Waals surface area contributed by atoms with Crippen LogP contribution in [-0.2, 0) is 11.2 Å². The van der Waals surface area contributed by atoms with Crippen molar-refractivity contribution in [3.63, 3.8) is 0 Å². The van der Waals surface area contributed by atoms with Gasteiger partial charge >= 0.3 is 12.0 Å². The molecule has 9 nitrogen and oxygen atoms in total. The Morgan fingerprint density at radius 3 is 2.33 bits per heavy atom. The Bertz CT molecular complexity index is 1010. The van der Waals surface area contributed by atoms with Crippen molar-refractivity contribution in [3.05, 3.63) is 41.5 Å². The van der Waals surface area contributed by atoms with Crippen LogP contribution in [0.4, 0.5) is 10.5 Å². The lowest BCUT2D eigenvalue weighted by Gasteiger charge is -2.37. The molecule has 9 heteroatoms. The first-order chi connectivity index (χ1) is 15.9. The highest BCUT2D eigenvalue weighted by molar-refractivity contribution is 5.92. The third-order valence-electron chi connectivity index (χ3n) is 5.44. The van der Waals surface area contributed by atoms with Crippen LogP contribution in [0.3, 0.4) is 0 Å². The molecule has 0 radical (unpaired) electrons. The number of nitrogens with zero attached hydrogens (tertiary/aromatic N) is 1. The third-order valence-corrected chi connectivity index (χ3v) is 5.44. The van der Waals surface area contributed by atoms with Crippen molar-refractivity contribution in [1.82, 2.24) is 4.90 Å². The molecule has 1 aliphatic heterocycles. The van der Waals surface area contributed by atoms with Gasteiger partial charge in [0, 0.05) is 12.6 Å². The molecule has 1 heterocycles. The molecular weight excluding hydrogens is 428 g/mol. The van der Waals surface area contributed by atoms with Crippen molar-refractivity contribution in [1.29, 1.82) is 0 Å². The smallest absolute Gasteiger partial charge is 0.322 e. The maximum Gasteiger partial charge on any atom is 0.322 e. The second-order valence-electron chi connectivity index (χ2n) is 7.42. The summed E-state index contributed by atoms with van der Waals surface area (Å²) in [5, 5.41) is 12.4. The first-order valence-corrected chi connectivity index (χ1v) is 10.9. The summed E-state index contributed by atoms with van der Waals surface area (Å²) in [5.41, 5.74) is 2.11. The van der Waals surface area contributed by atoms with Crippen LogP contribution in [-0.4, -0.2) is 56.0 Å². The van der Waals surface area contributed by atoms with E-state index >= 15 is 0 Å². The Labute approximate surface area is 193 Å². The number of hydrogen-bond donors (Lipinski definition) is 2. The van der Waals surface area contributed by atoms with E-state index in [0.717, 1.165) is 11.1 Å². The van der Waals surface area contributed by atoms with Gasteiger partial charge in [0.15, 0.2) is 11.5 Å². The van der Waals surface area contributed by atoms with Crippen LogP contribution in [0.2, 0.25) is 0 Å². The van der Waals surface area contributed by atoms with Crippen LogP contribution >= 0.6 is 0 Å². The van der Waals surface area contributed by atoms with Gasteiger partial charge in [0.1, 0.15) is 11.5 Å². The van der Waals surface area contributed by atoms with Crippen LogP contribution in [0.5, 0.6) is 23.0 Å². The van der Waals surface area contributed by atoms with Gasteiger partial charge in [-0.2, -0.15) is 0 Å². The van der Waals surface area contributed by atoms with E-state index in [1.165, 1.54) is 19.1 Å². The van der Waals surface area contributed by atoms with E-state index in [-0.39, 0.29) is 6.42 Å². The molecule has 0 aromatic heterocycles. The summed E-state index contributed by atoms with van der Waals surface area (Å²) < 4.78 is 22.0. The molecule has 2 N–H and O–H groups in total. The summed E-state index contributed by atoms with van der Waals surface area (Å²) in [6.07, 6.45) is 0.315. The molecule has 0 spiro atoms. The number of carboxylic acid groups (broad SMARTS) is 1. The van der Waals surface area contributed by atoms with Crippen LogP contribution in [0, 0.1) is 0 Å². The number of anilines is 1. The Morgan fingerprint density at radius 1 is 1.03 bits per heavy atom. The Morgan fingerprint density at radius 2 is 1.73 bits per heavy atom. The quantitative estimate of drug-likeness (QED) is 0.582. The number of carbonyl (C=O) groups excluding carboxylic acids is 1. The summed E-state index contributed by atoms with van der Waals surface area (Å²) in [4.78, 5) is 26.5. The molecule has 3 rings (SSSR count). The summed E-state index contributed by atoms with van der Waals surface area (Å²) in [5.74, 6) is 1.17. The number of hydrogen-bond acceptors (Lipinski definition) is 6. The molecule has 0 unspecified atom stereocenters. The number of rotatable bonds is 9. The molecule has 2 aromatic carbocycles. The first kappa shape index (κ1) is 24.0. The average Bonchev–Trinajstić information content (AvgIpc) is 2.79. The fraction of sp³-hybridized carbons (Fsp3) is 0.417. The lowest BCUT2D eigenvalue weighted by atomic mass is 9.90. The number of amides is 2. The van der Waals surface area contributed by atoms with Gasteiger partial charge in [0.2, 0.25) is 0 Å². The van der Waals surface area contributed by atoms with E-state index in [1.807, 2.05) is 19.9 Å². The average molecular weight is 459 g/mol. The zero-order valence-electron chi connectivity index (χ0n) is 19.3. The predicted molar refractivity (Wildman–Crippen MR) is 123 cm³/mol. The first-order valence-electron chi connectivity index (χ1n) is 10.9.